The molecule has 0 radical (unpaired) electrons. The molecule has 2 aromatic rings. The molecule has 0 aliphatic heterocycles. The van der Waals surface area contributed by atoms with Gasteiger partial charge in [0.1, 0.15) is 0 Å². The molecule has 0 aliphatic carbocycles. The van der Waals surface area contributed by atoms with Gasteiger partial charge < -0.3 is 10.1 Å². The van der Waals surface area contributed by atoms with Gasteiger partial charge >= 0.3 is 5.97 Å². The average molecular weight is 389 g/mol. The van der Waals surface area contributed by atoms with Gasteiger partial charge in [0.25, 0.3) is 11.6 Å². The maximum absolute atomic E-state index is 12.2. The minimum absolute atomic E-state index is 0.0878. The number of carbonyl (C=O) groups excluding carboxylic acids is 2. The summed E-state index contributed by atoms with van der Waals surface area (Å²) in [4.78, 5) is 34.3. The summed E-state index contributed by atoms with van der Waals surface area (Å²) < 4.78 is 5.05. The van der Waals surface area contributed by atoms with Crippen LogP contribution in [0.4, 0.5) is 11.4 Å². The van der Waals surface area contributed by atoms with Gasteiger partial charge in [-0.15, -0.1) is 0 Å². The predicted molar refractivity (Wildman–Crippen MR) is 103 cm³/mol. The second-order valence-electron chi connectivity index (χ2n) is 5.67. The van der Waals surface area contributed by atoms with Crippen LogP contribution < -0.4 is 5.32 Å². The zero-order valence-electron chi connectivity index (χ0n) is 14.6. The molecule has 0 saturated carbocycles. The van der Waals surface area contributed by atoms with Crippen LogP contribution >= 0.6 is 11.6 Å². The fourth-order valence-electron chi connectivity index (χ4n) is 2.15. The van der Waals surface area contributed by atoms with Crippen LogP contribution in [0.2, 0.25) is 5.02 Å². The number of esters is 1. The first-order valence-corrected chi connectivity index (χ1v) is 8.35. The number of benzene rings is 2. The monoisotopic (exact) mass is 388 g/mol. The Labute approximate surface area is 160 Å². The van der Waals surface area contributed by atoms with Crippen LogP contribution in [-0.4, -0.2) is 22.9 Å². The molecule has 0 spiro atoms. The first-order valence-electron chi connectivity index (χ1n) is 7.97. The van der Waals surface area contributed by atoms with Crippen molar-refractivity contribution < 1.29 is 19.2 Å². The first kappa shape index (κ1) is 20.1. The van der Waals surface area contributed by atoms with E-state index in [9.17, 15) is 19.7 Å². The molecule has 140 valence electrons. The minimum Gasteiger partial charge on any atom is -0.449 e. The summed E-state index contributed by atoms with van der Waals surface area (Å²) in [5.41, 5.74) is 1.61. The third kappa shape index (κ3) is 5.65. The van der Waals surface area contributed by atoms with Gasteiger partial charge in [-0.05, 0) is 43.2 Å². The molecule has 0 heterocycles. The lowest BCUT2D eigenvalue weighted by Gasteiger charge is -2.14. The maximum atomic E-state index is 12.2. The van der Waals surface area contributed by atoms with E-state index in [1.807, 2.05) is 0 Å². The predicted octanol–water partition coefficient (Wildman–Crippen LogP) is 4.14. The summed E-state index contributed by atoms with van der Waals surface area (Å²) >= 11 is 6.00. The molecule has 1 amide bonds. The molecule has 2 aromatic carbocycles. The van der Waals surface area contributed by atoms with Crippen LogP contribution in [0.5, 0.6) is 0 Å². The van der Waals surface area contributed by atoms with Gasteiger partial charge in [-0.25, -0.2) is 4.79 Å². The average Bonchev–Trinajstić information content (AvgIpc) is 2.64. The molecule has 1 N–H and O–H groups in total. The van der Waals surface area contributed by atoms with Gasteiger partial charge in [0.2, 0.25) is 0 Å². The Kier molecular flexibility index (Phi) is 6.67. The van der Waals surface area contributed by atoms with Crippen LogP contribution in [-0.2, 0) is 14.3 Å². The first-order chi connectivity index (χ1) is 12.8. The van der Waals surface area contributed by atoms with Gasteiger partial charge in [0, 0.05) is 28.9 Å². The molecule has 0 unspecified atom stereocenters. The number of hydrogen-bond donors (Lipinski definition) is 1. The van der Waals surface area contributed by atoms with Crippen molar-refractivity contribution in [1.82, 2.24) is 0 Å². The summed E-state index contributed by atoms with van der Waals surface area (Å²) in [5.74, 6) is -1.25. The number of ether oxygens (including phenoxy) is 1. The zero-order chi connectivity index (χ0) is 20.0. The number of anilines is 1. The van der Waals surface area contributed by atoms with Crippen molar-refractivity contribution in [1.29, 1.82) is 0 Å². The second-order valence-corrected chi connectivity index (χ2v) is 6.07. The van der Waals surface area contributed by atoms with Crippen molar-refractivity contribution in [3.8, 4) is 0 Å². The van der Waals surface area contributed by atoms with E-state index in [2.05, 4.69) is 5.32 Å². The van der Waals surface area contributed by atoms with Crippen LogP contribution in [0.1, 0.15) is 18.1 Å². The summed E-state index contributed by atoms with van der Waals surface area (Å²) in [6.45, 7) is 3.20. The van der Waals surface area contributed by atoms with Gasteiger partial charge in [-0.2, -0.15) is 0 Å². The molecule has 27 heavy (non-hydrogen) atoms. The SMILES string of the molecule is Cc1c(Cl)cccc1NC(=O)[C@@H](C)OC(=O)/C=C/c1cccc([N+](=O)[O-])c1. The van der Waals surface area contributed by atoms with Crippen molar-refractivity contribution in [2.24, 2.45) is 0 Å². The topological polar surface area (TPSA) is 98.5 Å². The Morgan fingerprint density at radius 2 is 1.96 bits per heavy atom. The van der Waals surface area contributed by atoms with Crippen LogP contribution in [0.15, 0.2) is 48.5 Å². The molecular formula is C19H17ClN2O5. The van der Waals surface area contributed by atoms with Crippen molar-refractivity contribution in [3.63, 3.8) is 0 Å². The largest absolute Gasteiger partial charge is 0.449 e. The van der Waals surface area contributed by atoms with Crippen molar-refractivity contribution in [3.05, 3.63) is 74.8 Å². The van der Waals surface area contributed by atoms with Crippen molar-refractivity contribution in [2.75, 3.05) is 5.32 Å². The summed E-state index contributed by atoms with van der Waals surface area (Å²) in [7, 11) is 0. The van der Waals surface area contributed by atoms with E-state index in [4.69, 9.17) is 16.3 Å². The van der Waals surface area contributed by atoms with E-state index in [1.165, 1.54) is 31.2 Å². The lowest BCUT2D eigenvalue weighted by atomic mass is 10.2. The fraction of sp³-hybridized carbons (Fsp3) is 0.158. The Morgan fingerprint density at radius 1 is 1.26 bits per heavy atom. The van der Waals surface area contributed by atoms with E-state index in [0.29, 0.717) is 21.8 Å². The summed E-state index contributed by atoms with van der Waals surface area (Å²) in [5, 5.41) is 13.9. The Morgan fingerprint density at radius 3 is 2.67 bits per heavy atom. The van der Waals surface area contributed by atoms with Gasteiger partial charge in [0.05, 0.1) is 4.92 Å². The van der Waals surface area contributed by atoms with Crippen LogP contribution in [0.25, 0.3) is 6.08 Å². The number of nitro benzene ring substituents is 1. The molecule has 0 aliphatic rings. The van der Waals surface area contributed by atoms with E-state index < -0.39 is 22.9 Å². The highest BCUT2D eigenvalue weighted by Gasteiger charge is 2.17. The van der Waals surface area contributed by atoms with Gasteiger partial charge in [-0.1, -0.05) is 29.8 Å². The third-order valence-electron chi connectivity index (χ3n) is 3.68. The van der Waals surface area contributed by atoms with E-state index in [0.717, 1.165) is 6.08 Å². The number of rotatable bonds is 6. The number of nitro groups is 1. The highest BCUT2D eigenvalue weighted by Crippen LogP contribution is 2.23. The molecule has 8 heteroatoms. The summed E-state index contributed by atoms with van der Waals surface area (Å²) in [6.07, 6.45) is 1.44. The molecule has 0 aromatic heterocycles. The highest BCUT2D eigenvalue weighted by molar-refractivity contribution is 6.31. The maximum Gasteiger partial charge on any atom is 0.331 e. The molecular weight excluding hydrogens is 372 g/mol. The number of carbonyl (C=O) groups is 2. The second kappa shape index (κ2) is 8.95. The number of non-ortho nitro benzene ring substituents is 1. The number of nitrogens with one attached hydrogen (secondary N) is 1. The molecule has 7 nitrogen and oxygen atoms in total. The molecule has 0 fully saturated rings. The van der Waals surface area contributed by atoms with Crippen molar-refractivity contribution in [2.45, 2.75) is 20.0 Å². The molecule has 2 rings (SSSR count). The fourth-order valence-corrected chi connectivity index (χ4v) is 2.33. The highest BCUT2D eigenvalue weighted by atomic mass is 35.5. The Bertz CT molecular complexity index is 911. The molecule has 0 saturated heterocycles. The van der Waals surface area contributed by atoms with Crippen molar-refractivity contribution >= 4 is 40.9 Å². The molecule has 1 atom stereocenters. The van der Waals surface area contributed by atoms with Crippen LogP contribution in [0.3, 0.4) is 0 Å². The quantitative estimate of drug-likeness (QED) is 0.347. The normalized spacial score (nSPS) is 11.8. The number of halogens is 1. The molecule has 0 bridgehead atoms. The summed E-state index contributed by atoms with van der Waals surface area (Å²) in [6, 6.07) is 10.9. The Hall–Kier alpha value is -3.19. The lowest BCUT2D eigenvalue weighted by molar-refractivity contribution is -0.384. The Balaban J connectivity index is 1.96. The smallest absolute Gasteiger partial charge is 0.331 e. The lowest BCUT2D eigenvalue weighted by Crippen LogP contribution is -2.29. The van der Waals surface area contributed by atoms with Crippen LogP contribution in [0, 0.1) is 17.0 Å². The van der Waals surface area contributed by atoms with E-state index in [-0.39, 0.29) is 5.69 Å². The van der Waals surface area contributed by atoms with Gasteiger partial charge in [0.15, 0.2) is 6.10 Å². The number of hydrogen-bond acceptors (Lipinski definition) is 5. The standard InChI is InChI=1S/C19H17ClN2O5/c1-12-16(20)7-4-8-17(12)21-19(24)13(2)27-18(23)10-9-14-5-3-6-15(11-14)22(25)26/h3-11,13H,1-2H3,(H,21,24)/b10-9+/t13-/m1/s1. The number of nitrogens with zero attached hydrogens (tertiary/aromatic N) is 1. The van der Waals surface area contributed by atoms with E-state index in [1.54, 1.807) is 31.2 Å². The minimum atomic E-state index is -1.04. The zero-order valence-corrected chi connectivity index (χ0v) is 15.4. The number of amides is 1. The third-order valence-corrected chi connectivity index (χ3v) is 4.09. The van der Waals surface area contributed by atoms with Gasteiger partial charge in [-0.3, -0.25) is 14.9 Å². The van der Waals surface area contributed by atoms with E-state index >= 15 is 0 Å².